The van der Waals surface area contributed by atoms with Gasteiger partial charge in [0.25, 0.3) is 0 Å². The van der Waals surface area contributed by atoms with Crippen LogP contribution in [0, 0.1) is 6.92 Å². The van der Waals surface area contributed by atoms with Crippen LogP contribution in [0.5, 0.6) is 0 Å². The second-order valence-corrected chi connectivity index (χ2v) is 6.99. The van der Waals surface area contributed by atoms with Gasteiger partial charge in [-0.15, -0.1) is 11.3 Å². The molecule has 26 heavy (non-hydrogen) atoms. The zero-order valence-electron chi connectivity index (χ0n) is 15.0. The Morgan fingerprint density at radius 2 is 2.12 bits per heavy atom. The third-order valence-corrected chi connectivity index (χ3v) is 4.94. The van der Waals surface area contributed by atoms with E-state index in [4.69, 9.17) is 4.52 Å². The number of aryl methyl sites for hydroxylation is 3. The average molecular weight is 370 g/mol. The fourth-order valence-electron chi connectivity index (χ4n) is 2.54. The Morgan fingerprint density at radius 1 is 1.27 bits per heavy atom. The molecule has 0 aliphatic rings. The van der Waals surface area contributed by atoms with Crippen LogP contribution in [0.1, 0.15) is 41.9 Å². The molecule has 0 radical (unpaired) electrons. The van der Waals surface area contributed by atoms with Crippen molar-refractivity contribution in [2.75, 3.05) is 0 Å². The number of hydrogen-bond donors (Lipinski definition) is 1. The van der Waals surface area contributed by atoms with Crippen LogP contribution in [-0.4, -0.2) is 21.0 Å². The van der Waals surface area contributed by atoms with E-state index in [9.17, 15) is 4.79 Å². The van der Waals surface area contributed by atoms with Gasteiger partial charge in [-0.2, -0.15) is 4.98 Å². The molecule has 0 aliphatic carbocycles. The molecule has 3 aromatic rings. The maximum atomic E-state index is 12.0. The lowest BCUT2D eigenvalue weighted by atomic mass is 10.1. The fourth-order valence-corrected chi connectivity index (χ4v) is 3.36. The Morgan fingerprint density at radius 3 is 2.88 bits per heavy atom. The summed E-state index contributed by atoms with van der Waals surface area (Å²) in [6.07, 6.45) is 2.59. The summed E-state index contributed by atoms with van der Waals surface area (Å²) in [7, 11) is 0. The molecule has 3 rings (SSSR count). The van der Waals surface area contributed by atoms with Gasteiger partial charge in [-0.05, 0) is 25.3 Å². The molecule has 1 amide bonds. The number of amides is 1. The maximum absolute atomic E-state index is 12.0. The maximum Gasteiger partial charge on any atom is 0.226 e. The molecular weight excluding hydrogens is 348 g/mol. The van der Waals surface area contributed by atoms with E-state index in [0.29, 0.717) is 37.5 Å². The van der Waals surface area contributed by atoms with Crippen molar-refractivity contribution in [3.63, 3.8) is 0 Å². The van der Waals surface area contributed by atoms with Gasteiger partial charge in [0.05, 0.1) is 12.2 Å². The highest BCUT2D eigenvalue weighted by molar-refractivity contribution is 7.09. The molecule has 0 bridgehead atoms. The first kappa shape index (κ1) is 18.3. The molecule has 0 aliphatic heterocycles. The largest absolute Gasteiger partial charge is 0.350 e. The minimum Gasteiger partial charge on any atom is -0.350 e. The summed E-state index contributed by atoms with van der Waals surface area (Å²) < 4.78 is 5.30. The molecule has 136 valence electrons. The van der Waals surface area contributed by atoms with Crippen molar-refractivity contribution in [1.29, 1.82) is 0 Å². The van der Waals surface area contributed by atoms with E-state index in [1.165, 1.54) is 0 Å². The van der Waals surface area contributed by atoms with Crippen LogP contribution in [0.25, 0.3) is 11.4 Å². The summed E-state index contributed by atoms with van der Waals surface area (Å²) >= 11 is 1.58. The molecule has 7 heteroatoms. The highest BCUT2D eigenvalue weighted by Crippen LogP contribution is 2.20. The highest BCUT2D eigenvalue weighted by atomic mass is 32.1. The van der Waals surface area contributed by atoms with E-state index in [1.807, 2.05) is 36.6 Å². The zero-order valence-corrected chi connectivity index (χ0v) is 15.8. The SMILES string of the molecule is CCc1csc(CNC(=O)CCCc2nc(-c3ccccc3C)no2)n1. The molecule has 2 heterocycles. The number of thiazole rings is 1. The lowest BCUT2D eigenvalue weighted by Gasteiger charge is -2.02. The Balaban J connectivity index is 1.43. The van der Waals surface area contributed by atoms with Crippen molar-refractivity contribution in [1.82, 2.24) is 20.4 Å². The topological polar surface area (TPSA) is 80.9 Å². The van der Waals surface area contributed by atoms with E-state index in [-0.39, 0.29) is 5.91 Å². The van der Waals surface area contributed by atoms with Crippen LogP contribution in [0.4, 0.5) is 0 Å². The molecule has 0 unspecified atom stereocenters. The van der Waals surface area contributed by atoms with E-state index in [2.05, 4.69) is 27.4 Å². The standard InChI is InChI=1S/C19H22N4O2S/c1-3-14-12-26-18(21-14)11-20-16(24)9-6-10-17-22-19(23-25-17)15-8-5-4-7-13(15)2/h4-5,7-8,12H,3,6,9-11H2,1-2H3,(H,20,24). The number of hydrogen-bond acceptors (Lipinski definition) is 6. The van der Waals surface area contributed by atoms with Crippen LogP contribution in [0.15, 0.2) is 34.2 Å². The first-order valence-electron chi connectivity index (χ1n) is 8.74. The molecule has 1 N–H and O–H groups in total. The molecule has 0 saturated heterocycles. The quantitative estimate of drug-likeness (QED) is 0.654. The first-order chi connectivity index (χ1) is 12.7. The van der Waals surface area contributed by atoms with Crippen molar-refractivity contribution in [2.24, 2.45) is 0 Å². The predicted octanol–water partition coefficient (Wildman–Crippen LogP) is 3.70. The Hall–Kier alpha value is -2.54. The number of carbonyl (C=O) groups is 1. The number of benzene rings is 1. The molecule has 0 spiro atoms. The van der Waals surface area contributed by atoms with Gasteiger partial charge in [0.1, 0.15) is 5.01 Å². The van der Waals surface area contributed by atoms with Crippen molar-refractivity contribution >= 4 is 17.2 Å². The number of nitrogens with one attached hydrogen (secondary N) is 1. The smallest absolute Gasteiger partial charge is 0.226 e. The minimum atomic E-state index is 0.0110. The van der Waals surface area contributed by atoms with Crippen molar-refractivity contribution in [3.8, 4) is 11.4 Å². The van der Waals surface area contributed by atoms with E-state index in [1.54, 1.807) is 11.3 Å². The van der Waals surface area contributed by atoms with E-state index < -0.39 is 0 Å². The highest BCUT2D eigenvalue weighted by Gasteiger charge is 2.11. The Labute approximate surface area is 156 Å². The Bertz CT molecular complexity index is 872. The van der Waals surface area contributed by atoms with Crippen LogP contribution in [-0.2, 0) is 24.2 Å². The second-order valence-electron chi connectivity index (χ2n) is 6.04. The summed E-state index contributed by atoms with van der Waals surface area (Å²) in [6.45, 7) is 4.57. The van der Waals surface area contributed by atoms with Crippen LogP contribution < -0.4 is 5.32 Å². The molecular formula is C19H22N4O2S. The molecule has 0 fully saturated rings. The zero-order chi connectivity index (χ0) is 18.4. The summed E-state index contributed by atoms with van der Waals surface area (Å²) in [4.78, 5) is 20.8. The minimum absolute atomic E-state index is 0.0110. The normalized spacial score (nSPS) is 10.8. The van der Waals surface area contributed by atoms with Crippen LogP contribution in [0.3, 0.4) is 0 Å². The number of carbonyl (C=O) groups excluding carboxylic acids is 1. The first-order valence-corrected chi connectivity index (χ1v) is 9.62. The van der Waals surface area contributed by atoms with Gasteiger partial charge in [0.15, 0.2) is 0 Å². The van der Waals surface area contributed by atoms with Crippen LogP contribution >= 0.6 is 11.3 Å². The molecule has 0 atom stereocenters. The third-order valence-electron chi connectivity index (χ3n) is 4.05. The summed E-state index contributed by atoms with van der Waals surface area (Å²) in [5, 5.41) is 9.91. The monoisotopic (exact) mass is 370 g/mol. The van der Waals surface area contributed by atoms with Crippen molar-refractivity contribution in [3.05, 3.63) is 51.8 Å². The predicted molar refractivity (Wildman–Crippen MR) is 101 cm³/mol. The van der Waals surface area contributed by atoms with Gasteiger partial charge in [-0.3, -0.25) is 4.79 Å². The van der Waals surface area contributed by atoms with Gasteiger partial charge in [0.2, 0.25) is 17.6 Å². The fraction of sp³-hybridized carbons (Fsp3) is 0.368. The molecule has 0 saturated carbocycles. The molecule has 6 nitrogen and oxygen atoms in total. The van der Waals surface area contributed by atoms with Crippen molar-refractivity contribution in [2.45, 2.75) is 46.1 Å². The van der Waals surface area contributed by atoms with Gasteiger partial charge >= 0.3 is 0 Å². The van der Waals surface area contributed by atoms with Gasteiger partial charge in [0, 0.05) is 23.8 Å². The number of nitrogens with zero attached hydrogens (tertiary/aromatic N) is 3. The lowest BCUT2D eigenvalue weighted by Crippen LogP contribution is -2.22. The number of rotatable bonds is 8. The average Bonchev–Trinajstić information content (AvgIpc) is 3.29. The van der Waals surface area contributed by atoms with Gasteiger partial charge in [-0.1, -0.05) is 36.3 Å². The lowest BCUT2D eigenvalue weighted by molar-refractivity contribution is -0.121. The Kier molecular flexibility index (Phi) is 6.12. The molecule has 1 aromatic carbocycles. The summed E-state index contributed by atoms with van der Waals surface area (Å²) in [5.74, 6) is 1.17. The van der Waals surface area contributed by atoms with Gasteiger partial charge < -0.3 is 9.84 Å². The number of aromatic nitrogens is 3. The summed E-state index contributed by atoms with van der Waals surface area (Å²) in [6, 6.07) is 7.92. The third kappa shape index (κ3) is 4.76. The van der Waals surface area contributed by atoms with Gasteiger partial charge in [-0.25, -0.2) is 4.98 Å². The van der Waals surface area contributed by atoms with Crippen LogP contribution in [0.2, 0.25) is 0 Å². The summed E-state index contributed by atoms with van der Waals surface area (Å²) in [5.41, 5.74) is 3.14. The van der Waals surface area contributed by atoms with Crippen molar-refractivity contribution < 1.29 is 9.32 Å². The molecule has 2 aromatic heterocycles. The van der Waals surface area contributed by atoms with E-state index in [0.717, 1.165) is 28.2 Å². The van der Waals surface area contributed by atoms with E-state index >= 15 is 0 Å². The second kappa shape index (κ2) is 8.71.